The number of hydrogen-bond donors (Lipinski definition) is 0. The third-order valence-electron chi connectivity index (χ3n) is 5.15. The van der Waals surface area contributed by atoms with Crippen LogP contribution in [0.15, 0.2) is 12.1 Å². The Morgan fingerprint density at radius 3 is 2.35 bits per heavy atom. The SMILES string of the molecule is CCCCC(=O)c1ccc(C2CCC(CCC)CC2)c(F)c1F. The fourth-order valence-corrected chi connectivity index (χ4v) is 3.74. The zero-order valence-electron chi connectivity index (χ0n) is 14.3. The molecule has 1 nitrogen and oxygen atoms in total. The summed E-state index contributed by atoms with van der Waals surface area (Å²) in [5.41, 5.74) is 0.379. The van der Waals surface area contributed by atoms with Gasteiger partial charge in [-0.25, -0.2) is 8.78 Å². The smallest absolute Gasteiger partial charge is 0.169 e. The molecule has 1 aliphatic carbocycles. The van der Waals surface area contributed by atoms with Crippen LogP contribution in [-0.4, -0.2) is 5.78 Å². The van der Waals surface area contributed by atoms with Crippen LogP contribution in [0, 0.1) is 17.6 Å². The average Bonchev–Trinajstić information content (AvgIpc) is 2.56. The lowest BCUT2D eigenvalue weighted by Crippen LogP contribution is -2.15. The number of rotatable bonds is 7. The predicted molar refractivity (Wildman–Crippen MR) is 89.8 cm³/mol. The lowest BCUT2D eigenvalue weighted by atomic mass is 9.77. The summed E-state index contributed by atoms with van der Waals surface area (Å²) in [6, 6.07) is 3.13. The van der Waals surface area contributed by atoms with Crippen LogP contribution in [-0.2, 0) is 0 Å². The molecule has 0 amide bonds. The van der Waals surface area contributed by atoms with Gasteiger partial charge >= 0.3 is 0 Å². The van der Waals surface area contributed by atoms with E-state index in [2.05, 4.69) is 6.92 Å². The lowest BCUT2D eigenvalue weighted by Gasteiger charge is -2.29. The molecule has 1 aliphatic rings. The quantitative estimate of drug-likeness (QED) is 0.530. The van der Waals surface area contributed by atoms with Gasteiger partial charge in [0.15, 0.2) is 17.4 Å². The fourth-order valence-electron chi connectivity index (χ4n) is 3.74. The van der Waals surface area contributed by atoms with Crippen molar-refractivity contribution in [3.8, 4) is 0 Å². The van der Waals surface area contributed by atoms with Crippen LogP contribution < -0.4 is 0 Å². The summed E-state index contributed by atoms with van der Waals surface area (Å²) in [5, 5.41) is 0. The standard InChI is InChI=1S/C20H28F2O/c1-3-5-7-18(23)17-13-12-16(19(21)20(17)22)15-10-8-14(6-4-2)9-11-15/h12-15H,3-11H2,1-2H3. The van der Waals surface area contributed by atoms with E-state index in [9.17, 15) is 13.6 Å². The van der Waals surface area contributed by atoms with E-state index in [-0.39, 0.29) is 23.7 Å². The Labute approximate surface area is 138 Å². The molecule has 3 heteroatoms. The molecule has 0 saturated heterocycles. The molecule has 1 saturated carbocycles. The second-order valence-electron chi connectivity index (χ2n) is 6.86. The summed E-state index contributed by atoms with van der Waals surface area (Å²) < 4.78 is 28.7. The van der Waals surface area contributed by atoms with Crippen LogP contribution in [0.25, 0.3) is 0 Å². The molecular formula is C20H28F2O. The maximum atomic E-state index is 14.4. The largest absolute Gasteiger partial charge is 0.294 e. The van der Waals surface area contributed by atoms with E-state index in [4.69, 9.17) is 0 Å². The minimum absolute atomic E-state index is 0.0839. The Balaban J connectivity index is 2.10. The van der Waals surface area contributed by atoms with E-state index >= 15 is 0 Å². The first-order chi connectivity index (χ1) is 11.1. The van der Waals surface area contributed by atoms with Gasteiger partial charge in [-0.1, -0.05) is 39.2 Å². The first-order valence-corrected chi connectivity index (χ1v) is 9.09. The number of halogens is 2. The first kappa shape index (κ1) is 18.1. The highest BCUT2D eigenvalue weighted by Crippen LogP contribution is 2.39. The summed E-state index contributed by atoms with van der Waals surface area (Å²) in [5.74, 6) is -1.21. The molecular weight excluding hydrogens is 294 g/mol. The van der Waals surface area contributed by atoms with Gasteiger partial charge in [-0.15, -0.1) is 0 Å². The van der Waals surface area contributed by atoms with Gasteiger partial charge in [0.05, 0.1) is 5.56 Å². The van der Waals surface area contributed by atoms with Crippen molar-refractivity contribution in [2.75, 3.05) is 0 Å². The maximum absolute atomic E-state index is 14.4. The van der Waals surface area contributed by atoms with Gasteiger partial charge in [0.25, 0.3) is 0 Å². The van der Waals surface area contributed by atoms with E-state index in [1.165, 1.54) is 18.9 Å². The van der Waals surface area contributed by atoms with E-state index in [0.717, 1.165) is 38.0 Å². The van der Waals surface area contributed by atoms with Gasteiger partial charge in [-0.3, -0.25) is 4.79 Å². The van der Waals surface area contributed by atoms with E-state index < -0.39 is 11.6 Å². The molecule has 0 aliphatic heterocycles. The number of hydrogen-bond acceptors (Lipinski definition) is 1. The van der Waals surface area contributed by atoms with Gasteiger partial charge in [-0.05, 0) is 55.6 Å². The Morgan fingerprint density at radius 2 is 1.74 bits per heavy atom. The number of unbranched alkanes of at least 4 members (excludes halogenated alkanes) is 1. The number of carbonyl (C=O) groups is 1. The minimum atomic E-state index is -0.945. The number of carbonyl (C=O) groups excluding carboxylic acids is 1. The van der Waals surface area contributed by atoms with Crippen LogP contribution in [0.2, 0.25) is 0 Å². The minimum Gasteiger partial charge on any atom is -0.294 e. The van der Waals surface area contributed by atoms with E-state index in [1.54, 1.807) is 6.07 Å². The molecule has 0 radical (unpaired) electrons. The summed E-state index contributed by atoms with van der Waals surface area (Å²) in [4.78, 5) is 12.0. The molecule has 0 aromatic heterocycles. The van der Waals surface area contributed by atoms with Gasteiger partial charge < -0.3 is 0 Å². The molecule has 2 rings (SSSR count). The fraction of sp³-hybridized carbons (Fsp3) is 0.650. The predicted octanol–water partition coefficient (Wildman–Crippen LogP) is 6.41. The second-order valence-corrected chi connectivity index (χ2v) is 6.86. The Hall–Kier alpha value is -1.25. The summed E-state index contributed by atoms with van der Waals surface area (Å²) in [7, 11) is 0. The molecule has 1 aromatic rings. The second kappa shape index (κ2) is 8.56. The highest BCUT2D eigenvalue weighted by molar-refractivity contribution is 5.96. The van der Waals surface area contributed by atoms with Crippen molar-refractivity contribution in [1.29, 1.82) is 0 Å². The molecule has 0 atom stereocenters. The van der Waals surface area contributed by atoms with Crippen LogP contribution in [0.4, 0.5) is 8.78 Å². The van der Waals surface area contributed by atoms with Gasteiger partial charge in [-0.2, -0.15) is 0 Å². The summed E-state index contributed by atoms with van der Waals surface area (Å²) in [6.45, 7) is 4.16. The Morgan fingerprint density at radius 1 is 1.04 bits per heavy atom. The van der Waals surface area contributed by atoms with Crippen molar-refractivity contribution >= 4 is 5.78 Å². The normalized spacial score (nSPS) is 21.4. The summed E-state index contributed by atoms with van der Waals surface area (Å²) in [6.07, 6.45) is 8.31. The monoisotopic (exact) mass is 322 g/mol. The van der Waals surface area contributed by atoms with Crippen LogP contribution >= 0.6 is 0 Å². The third kappa shape index (κ3) is 4.39. The van der Waals surface area contributed by atoms with Crippen molar-refractivity contribution in [3.05, 3.63) is 34.9 Å². The van der Waals surface area contributed by atoms with Crippen molar-refractivity contribution in [2.24, 2.45) is 5.92 Å². The van der Waals surface area contributed by atoms with Crippen LogP contribution in [0.1, 0.15) is 93.5 Å². The first-order valence-electron chi connectivity index (χ1n) is 9.09. The molecule has 1 aromatic carbocycles. The molecule has 1 fully saturated rings. The van der Waals surface area contributed by atoms with Gasteiger partial charge in [0.2, 0.25) is 0 Å². The maximum Gasteiger partial charge on any atom is 0.169 e. The number of benzene rings is 1. The number of ketones is 1. The number of Topliss-reactive ketones (excluding diaryl/α,β-unsaturated/α-hetero) is 1. The highest BCUT2D eigenvalue weighted by atomic mass is 19.2. The lowest BCUT2D eigenvalue weighted by molar-refractivity contribution is 0.0974. The van der Waals surface area contributed by atoms with Crippen molar-refractivity contribution in [1.82, 2.24) is 0 Å². The van der Waals surface area contributed by atoms with E-state index in [1.807, 2.05) is 6.92 Å². The molecule has 0 unspecified atom stereocenters. The topological polar surface area (TPSA) is 17.1 Å². The molecule has 0 heterocycles. The van der Waals surface area contributed by atoms with E-state index in [0.29, 0.717) is 12.0 Å². The molecule has 0 bridgehead atoms. The van der Waals surface area contributed by atoms with Crippen molar-refractivity contribution in [2.45, 2.75) is 77.6 Å². The van der Waals surface area contributed by atoms with Crippen molar-refractivity contribution < 1.29 is 13.6 Å². The zero-order chi connectivity index (χ0) is 16.8. The average molecular weight is 322 g/mol. The van der Waals surface area contributed by atoms with Crippen LogP contribution in [0.5, 0.6) is 0 Å². The zero-order valence-corrected chi connectivity index (χ0v) is 14.3. The molecule has 128 valence electrons. The molecule has 0 N–H and O–H groups in total. The Kier molecular flexibility index (Phi) is 6.73. The van der Waals surface area contributed by atoms with Crippen molar-refractivity contribution in [3.63, 3.8) is 0 Å². The molecule has 0 spiro atoms. The summed E-state index contributed by atoms with van der Waals surface area (Å²) >= 11 is 0. The third-order valence-corrected chi connectivity index (χ3v) is 5.15. The Bertz CT molecular complexity index is 531. The van der Waals surface area contributed by atoms with Crippen LogP contribution in [0.3, 0.4) is 0 Å². The highest BCUT2D eigenvalue weighted by Gasteiger charge is 2.26. The molecule has 23 heavy (non-hydrogen) atoms. The van der Waals surface area contributed by atoms with Gasteiger partial charge in [0, 0.05) is 6.42 Å². The van der Waals surface area contributed by atoms with Gasteiger partial charge in [0.1, 0.15) is 0 Å².